The molecule has 1 aromatic carbocycles. The number of nitrogens with one attached hydrogen (secondary N) is 2. The highest BCUT2D eigenvalue weighted by Crippen LogP contribution is 2.22. The summed E-state index contributed by atoms with van der Waals surface area (Å²) in [6.45, 7) is 1.98. The SMILES string of the molecule is CCc1nc2ccc(NC(=O)Nc3ccnc4cccnc34)cc2o1. The van der Waals surface area contributed by atoms with Gasteiger partial charge in [0, 0.05) is 30.6 Å². The molecule has 0 bridgehead atoms. The van der Waals surface area contributed by atoms with Gasteiger partial charge in [-0.05, 0) is 30.3 Å². The molecule has 3 aromatic heterocycles. The van der Waals surface area contributed by atoms with Gasteiger partial charge >= 0.3 is 6.03 Å². The molecule has 124 valence electrons. The number of anilines is 2. The van der Waals surface area contributed by atoms with E-state index in [4.69, 9.17) is 4.42 Å². The van der Waals surface area contributed by atoms with Crippen molar-refractivity contribution >= 4 is 39.5 Å². The van der Waals surface area contributed by atoms with Gasteiger partial charge in [0.2, 0.25) is 0 Å². The van der Waals surface area contributed by atoms with Gasteiger partial charge in [0.1, 0.15) is 11.0 Å². The van der Waals surface area contributed by atoms with Gasteiger partial charge in [0.25, 0.3) is 0 Å². The quantitative estimate of drug-likeness (QED) is 0.591. The molecule has 2 amide bonds. The maximum absolute atomic E-state index is 12.3. The number of aryl methyl sites for hydroxylation is 1. The first-order valence-electron chi connectivity index (χ1n) is 7.90. The Balaban J connectivity index is 1.55. The zero-order chi connectivity index (χ0) is 17.2. The van der Waals surface area contributed by atoms with E-state index < -0.39 is 0 Å². The van der Waals surface area contributed by atoms with Gasteiger partial charge in [-0.3, -0.25) is 9.97 Å². The molecule has 0 aliphatic rings. The lowest BCUT2D eigenvalue weighted by Gasteiger charge is -2.09. The van der Waals surface area contributed by atoms with Gasteiger partial charge in [-0.15, -0.1) is 0 Å². The highest BCUT2D eigenvalue weighted by Gasteiger charge is 2.09. The average Bonchev–Trinajstić information content (AvgIpc) is 3.04. The van der Waals surface area contributed by atoms with Crippen molar-refractivity contribution in [2.24, 2.45) is 0 Å². The van der Waals surface area contributed by atoms with Gasteiger partial charge in [-0.1, -0.05) is 6.92 Å². The lowest BCUT2D eigenvalue weighted by Crippen LogP contribution is -2.19. The summed E-state index contributed by atoms with van der Waals surface area (Å²) in [5.41, 5.74) is 3.99. The van der Waals surface area contributed by atoms with Gasteiger partial charge in [0.15, 0.2) is 11.5 Å². The number of rotatable bonds is 3. The fourth-order valence-electron chi connectivity index (χ4n) is 2.57. The first-order valence-corrected chi connectivity index (χ1v) is 7.90. The number of aromatic nitrogens is 3. The smallest absolute Gasteiger partial charge is 0.323 e. The van der Waals surface area contributed by atoms with Crippen LogP contribution in [-0.4, -0.2) is 21.0 Å². The number of urea groups is 1. The van der Waals surface area contributed by atoms with E-state index in [1.54, 1.807) is 36.7 Å². The van der Waals surface area contributed by atoms with E-state index >= 15 is 0 Å². The molecular formula is C18H15N5O2. The highest BCUT2D eigenvalue weighted by molar-refractivity contribution is 6.04. The minimum Gasteiger partial charge on any atom is -0.441 e. The number of carbonyl (C=O) groups is 1. The summed E-state index contributed by atoms with van der Waals surface area (Å²) < 4.78 is 5.61. The lowest BCUT2D eigenvalue weighted by molar-refractivity contribution is 0.262. The Morgan fingerprint density at radius 2 is 2.00 bits per heavy atom. The van der Waals surface area contributed by atoms with Crippen LogP contribution in [0.1, 0.15) is 12.8 Å². The molecule has 0 aliphatic carbocycles. The van der Waals surface area contributed by atoms with E-state index in [0.29, 0.717) is 28.4 Å². The molecule has 0 saturated heterocycles. The predicted molar refractivity (Wildman–Crippen MR) is 95.6 cm³/mol. The average molecular weight is 333 g/mol. The Labute approximate surface area is 143 Å². The molecule has 0 aliphatic heterocycles. The van der Waals surface area contributed by atoms with Crippen molar-refractivity contribution in [2.75, 3.05) is 10.6 Å². The largest absolute Gasteiger partial charge is 0.441 e. The number of benzene rings is 1. The normalized spacial score (nSPS) is 10.9. The van der Waals surface area contributed by atoms with E-state index in [1.807, 2.05) is 19.1 Å². The van der Waals surface area contributed by atoms with Crippen LogP contribution in [0.2, 0.25) is 0 Å². The number of nitrogens with zero attached hydrogens (tertiary/aromatic N) is 3. The number of hydrogen-bond donors (Lipinski definition) is 2. The molecular weight excluding hydrogens is 318 g/mol. The first-order chi connectivity index (χ1) is 12.2. The third kappa shape index (κ3) is 2.99. The standard InChI is InChI=1S/C18H15N5O2/c1-2-16-22-12-6-5-11(10-15(12)25-16)21-18(24)23-14-7-9-19-13-4-3-8-20-17(13)14/h3-10H,2H2,1H3,(H2,19,21,23,24). The number of fused-ring (bicyclic) bond motifs is 2. The Morgan fingerprint density at radius 3 is 2.88 bits per heavy atom. The zero-order valence-corrected chi connectivity index (χ0v) is 13.5. The Hall–Kier alpha value is -3.48. The third-order valence-corrected chi connectivity index (χ3v) is 3.74. The Kier molecular flexibility index (Phi) is 3.74. The zero-order valence-electron chi connectivity index (χ0n) is 13.5. The molecule has 0 unspecified atom stereocenters. The van der Waals surface area contributed by atoms with Crippen molar-refractivity contribution in [1.82, 2.24) is 15.0 Å². The van der Waals surface area contributed by atoms with Gasteiger partial charge < -0.3 is 15.1 Å². The monoisotopic (exact) mass is 333 g/mol. The van der Waals surface area contributed by atoms with Crippen molar-refractivity contribution in [3.8, 4) is 0 Å². The molecule has 0 radical (unpaired) electrons. The highest BCUT2D eigenvalue weighted by atomic mass is 16.3. The van der Waals surface area contributed by atoms with Crippen LogP contribution in [0.25, 0.3) is 22.1 Å². The molecule has 3 heterocycles. The fraction of sp³-hybridized carbons (Fsp3) is 0.111. The summed E-state index contributed by atoms with van der Waals surface area (Å²) in [5.74, 6) is 0.672. The summed E-state index contributed by atoms with van der Waals surface area (Å²) >= 11 is 0. The molecule has 0 spiro atoms. The van der Waals surface area contributed by atoms with Gasteiger partial charge in [0.05, 0.1) is 11.2 Å². The molecule has 0 saturated carbocycles. The lowest BCUT2D eigenvalue weighted by atomic mass is 10.3. The number of carbonyl (C=O) groups excluding carboxylic acids is 1. The molecule has 4 rings (SSSR count). The molecule has 7 heteroatoms. The first kappa shape index (κ1) is 15.1. The molecule has 25 heavy (non-hydrogen) atoms. The molecule has 0 fully saturated rings. The number of amides is 2. The van der Waals surface area contributed by atoms with Crippen molar-refractivity contribution in [3.63, 3.8) is 0 Å². The molecule has 4 aromatic rings. The molecule has 7 nitrogen and oxygen atoms in total. The topological polar surface area (TPSA) is 92.9 Å². The van der Waals surface area contributed by atoms with Crippen LogP contribution in [0.15, 0.2) is 53.2 Å². The van der Waals surface area contributed by atoms with Gasteiger partial charge in [-0.25, -0.2) is 9.78 Å². The van der Waals surface area contributed by atoms with E-state index in [1.165, 1.54) is 0 Å². The van der Waals surface area contributed by atoms with Crippen LogP contribution in [0.3, 0.4) is 0 Å². The van der Waals surface area contributed by atoms with Crippen molar-refractivity contribution in [1.29, 1.82) is 0 Å². The number of hydrogen-bond acceptors (Lipinski definition) is 5. The van der Waals surface area contributed by atoms with Crippen LogP contribution < -0.4 is 10.6 Å². The van der Waals surface area contributed by atoms with Crippen molar-refractivity contribution < 1.29 is 9.21 Å². The summed E-state index contributed by atoms with van der Waals surface area (Å²) in [7, 11) is 0. The van der Waals surface area contributed by atoms with Crippen LogP contribution in [0.5, 0.6) is 0 Å². The maximum Gasteiger partial charge on any atom is 0.323 e. The Bertz CT molecular complexity index is 1070. The van der Waals surface area contributed by atoms with Crippen LogP contribution >= 0.6 is 0 Å². The number of oxazole rings is 1. The van der Waals surface area contributed by atoms with E-state index in [2.05, 4.69) is 25.6 Å². The second kappa shape index (κ2) is 6.20. The second-order valence-electron chi connectivity index (χ2n) is 5.45. The summed E-state index contributed by atoms with van der Waals surface area (Å²) in [5, 5.41) is 5.59. The van der Waals surface area contributed by atoms with Crippen LogP contribution in [-0.2, 0) is 6.42 Å². The third-order valence-electron chi connectivity index (χ3n) is 3.74. The van der Waals surface area contributed by atoms with E-state index in [-0.39, 0.29) is 6.03 Å². The maximum atomic E-state index is 12.3. The summed E-state index contributed by atoms with van der Waals surface area (Å²) in [4.78, 5) is 25.1. The van der Waals surface area contributed by atoms with Crippen molar-refractivity contribution in [3.05, 3.63) is 54.7 Å². The van der Waals surface area contributed by atoms with E-state index in [9.17, 15) is 4.79 Å². The summed E-state index contributed by atoms with van der Waals surface area (Å²) in [6.07, 6.45) is 4.02. The minimum atomic E-state index is -0.368. The molecule has 0 atom stereocenters. The number of pyridine rings is 2. The predicted octanol–water partition coefficient (Wildman–Crippen LogP) is 3.98. The van der Waals surface area contributed by atoms with Crippen LogP contribution in [0, 0.1) is 0 Å². The second-order valence-corrected chi connectivity index (χ2v) is 5.45. The van der Waals surface area contributed by atoms with Gasteiger partial charge in [-0.2, -0.15) is 0 Å². The summed E-state index contributed by atoms with van der Waals surface area (Å²) in [6, 6.07) is 10.3. The van der Waals surface area contributed by atoms with Crippen LogP contribution in [0.4, 0.5) is 16.2 Å². The Morgan fingerprint density at radius 1 is 1.08 bits per heavy atom. The fourth-order valence-corrected chi connectivity index (χ4v) is 2.57. The molecule has 2 N–H and O–H groups in total. The minimum absolute atomic E-state index is 0.368. The van der Waals surface area contributed by atoms with E-state index in [0.717, 1.165) is 17.5 Å². The van der Waals surface area contributed by atoms with Crippen molar-refractivity contribution in [2.45, 2.75) is 13.3 Å².